The number of amides is 4. The van der Waals surface area contributed by atoms with E-state index in [1.807, 2.05) is 26.0 Å². The van der Waals surface area contributed by atoms with E-state index in [0.717, 1.165) is 37.5 Å². The molecular weight excluding hydrogens is 500 g/mol. The predicted octanol–water partition coefficient (Wildman–Crippen LogP) is 2.61. The monoisotopic (exact) mass is 538 g/mol. The van der Waals surface area contributed by atoms with Crippen molar-refractivity contribution >= 4 is 40.4 Å². The van der Waals surface area contributed by atoms with Gasteiger partial charge in [-0.15, -0.1) is 0 Å². The van der Waals surface area contributed by atoms with E-state index < -0.39 is 41.5 Å². The van der Waals surface area contributed by atoms with Crippen LogP contribution in [0.1, 0.15) is 75.8 Å². The molecule has 1 aliphatic heterocycles. The lowest BCUT2D eigenvalue weighted by Gasteiger charge is -2.26. The highest BCUT2D eigenvalue weighted by Crippen LogP contribution is 2.21. The number of para-hydroxylation sites is 1. The lowest BCUT2D eigenvalue weighted by molar-refractivity contribution is -0.141. The Morgan fingerprint density at radius 3 is 2.41 bits per heavy atom. The molecule has 2 heterocycles. The Morgan fingerprint density at radius 1 is 1.00 bits per heavy atom. The van der Waals surface area contributed by atoms with Gasteiger partial charge in [-0.3, -0.25) is 24.0 Å². The number of hydrogen-bond acceptors (Lipinski definition) is 6. The maximum Gasteiger partial charge on any atom is 0.289 e. The summed E-state index contributed by atoms with van der Waals surface area (Å²) in [6.07, 6.45) is 5.54. The summed E-state index contributed by atoms with van der Waals surface area (Å²) >= 11 is 0. The van der Waals surface area contributed by atoms with Crippen molar-refractivity contribution < 1.29 is 28.4 Å². The normalized spacial score (nSPS) is 19.4. The van der Waals surface area contributed by atoms with Crippen molar-refractivity contribution in [2.45, 2.75) is 83.3 Å². The highest BCUT2D eigenvalue weighted by atomic mass is 16.3. The molecule has 1 aliphatic carbocycles. The summed E-state index contributed by atoms with van der Waals surface area (Å²) in [6.45, 7) is 4.31. The van der Waals surface area contributed by atoms with E-state index in [9.17, 15) is 24.0 Å². The molecule has 10 heteroatoms. The van der Waals surface area contributed by atoms with Gasteiger partial charge in [0.1, 0.15) is 11.6 Å². The summed E-state index contributed by atoms with van der Waals surface area (Å²) in [5.74, 6) is -3.25. The van der Waals surface area contributed by atoms with Crippen LogP contribution in [0.15, 0.2) is 34.7 Å². The van der Waals surface area contributed by atoms with Crippen molar-refractivity contribution in [2.24, 2.45) is 11.8 Å². The molecule has 1 saturated carbocycles. The van der Waals surface area contributed by atoms with Gasteiger partial charge in [-0.05, 0) is 50.2 Å². The van der Waals surface area contributed by atoms with Gasteiger partial charge in [0.25, 0.3) is 11.8 Å². The van der Waals surface area contributed by atoms with Crippen LogP contribution in [-0.4, -0.2) is 54.1 Å². The lowest BCUT2D eigenvalue weighted by atomic mass is 9.93. The third kappa shape index (κ3) is 7.46. The molecule has 2 aromatic rings. The van der Waals surface area contributed by atoms with Crippen LogP contribution in [-0.2, 0) is 19.2 Å². The topological polar surface area (TPSA) is 147 Å². The van der Waals surface area contributed by atoms with Gasteiger partial charge < -0.3 is 25.7 Å². The summed E-state index contributed by atoms with van der Waals surface area (Å²) in [7, 11) is 0. The van der Waals surface area contributed by atoms with Crippen LogP contribution in [0.5, 0.6) is 0 Å². The van der Waals surface area contributed by atoms with Gasteiger partial charge in [-0.25, -0.2) is 0 Å². The second kappa shape index (κ2) is 12.9. The van der Waals surface area contributed by atoms with Crippen molar-refractivity contribution in [1.82, 2.24) is 21.3 Å². The fourth-order valence-electron chi connectivity index (χ4n) is 5.35. The number of carbonyl (C=O) groups is 5. The minimum atomic E-state index is -1.19. The zero-order valence-corrected chi connectivity index (χ0v) is 22.6. The number of ketones is 1. The van der Waals surface area contributed by atoms with Crippen LogP contribution in [0.2, 0.25) is 0 Å². The fourth-order valence-corrected chi connectivity index (χ4v) is 5.35. The Labute approximate surface area is 228 Å². The molecule has 4 N–H and O–H groups in total. The summed E-state index contributed by atoms with van der Waals surface area (Å²) < 4.78 is 5.64. The van der Waals surface area contributed by atoms with Crippen LogP contribution < -0.4 is 21.3 Å². The third-order valence-electron chi connectivity index (χ3n) is 7.46. The molecular formula is C29H38N4O6. The molecule has 3 atom stereocenters. The average Bonchev–Trinajstić information content (AvgIpc) is 3.53. The smallest absolute Gasteiger partial charge is 0.289 e. The van der Waals surface area contributed by atoms with E-state index in [-0.39, 0.29) is 30.0 Å². The zero-order valence-electron chi connectivity index (χ0n) is 22.6. The first-order chi connectivity index (χ1) is 18.7. The van der Waals surface area contributed by atoms with Crippen molar-refractivity contribution in [3.05, 3.63) is 36.1 Å². The van der Waals surface area contributed by atoms with E-state index >= 15 is 0 Å². The highest BCUT2D eigenvalue weighted by molar-refractivity contribution is 6.38. The Morgan fingerprint density at radius 2 is 1.74 bits per heavy atom. The van der Waals surface area contributed by atoms with Crippen molar-refractivity contribution in [3.8, 4) is 0 Å². The quantitative estimate of drug-likeness (QED) is 0.324. The standard InChI is InChI=1S/C29H38N4O6/c1-17(2)14-22(33-28(37)24-16-18-8-6-7-11-23(18)39-24)27(36)32-21(15-19-12-13-30-26(19)35)25(34)29(38)31-20-9-4-3-5-10-20/h6-8,11,16-17,19-22H,3-5,9-10,12-15H2,1-2H3,(H,30,35)(H,31,38)(H,32,36)(H,33,37)/t19-,21-,22-/m0/s1. The third-order valence-corrected chi connectivity index (χ3v) is 7.46. The SMILES string of the molecule is CC(C)C[C@H](NC(=O)c1cc2ccccc2o1)C(=O)N[C@@H](C[C@@H]1CCNC1=O)C(=O)C(=O)NC1CCCCC1. The Balaban J connectivity index is 1.48. The lowest BCUT2D eigenvalue weighted by Crippen LogP contribution is -2.55. The molecule has 2 fully saturated rings. The minimum Gasteiger partial charge on any atom is -0.451 e. The van der Waals surface area contributed by atoms with E-state index in [4.69, 9.17) is 4.42 Å². The molecule has 4 rings (SSSR count). The van der Waals surface area contributed by atoms with E-state index in [1.165, 1.54) is 0 Å². The molecule has 0 radical (unpaired) electrons. The number of furan rings is 1. The van der Waals surface area contributed by atoms with Crippen LogP contribution in [0.3, 0.4) is 0 Å². The van der Waals surface area contributed by atoms with Gasteiger partial charge in [0.2, 0.25) is 17.6 Å². The molecule has 0 spiro atoms. The predicted molar refractivity (Wildman–Crippen MR) is 145 cm³/mol. The Bertz CT molecular complexity index is 1180. The van der Waals surface area contributed by atoms with Crippen LogP contribution >= 0.6 is 0 Å². The van der Waals surface area contributed by atoms with Crippen molar-refractivity contribution in [1.29, 1.82) is 0 Å². The number of benzene rings is 1. The maximum atomic E-state index is 13.5. The van der Waals surface area contributed by atoms with Gasteiger partial charge >= 0.3 is 0 Å². The number of nitrogens with one attached hydrogen (secondary N) is 4. The first-order valence-corrected chi connectivity index (χ1v) is 13.9. The average molecular weight is 539 g/mol. The molecule has 2 aliphatic rings. The summed E-state index contributed by atoms with van der Waals surface area (Å²) in [5, 5.41) is 11.7. The Hall–Kier alpha value is -3.69. The Kier molecular flexibility index (Phi) is 9.37. The van der Waals surface area contributed by atoms with Crippen LogP contribution in [0.4, 0.5) is 0 Å². The molecule has 39 heavy (non-hydrogen) atoms. The van der Waals surface area contributed by atoms with Crippen molar-refractivity contribution in [2.75, 3.05) is 6.54 Å². The van der Waals surface area contributed by atoms with Gasteiger partial charge in [-0.1, -0.05) is 51.3 Å². The number of rotatable bonds is 11. The molecule has 1 aromatic carbocycles. The zero-order chi connectivity index (χ0) is 27.9. The second-order valence-corrected chi connectivity index (χ2v) is 11.1. The molecule has 10 nitrogen and oxygen atoms in total. The second-order valence-electron chi connectivity index (χ2n) is 11.1. The van der Waals surface area contributed by atoms with Crippen LogP contribution in [0.25, 0.3) is 11.0 Å². The van der Waals surface area contributed by atoms with E-state index in [0.29, 0.717) is 25.0 Å². The molecule has 0 unspecified atom stereocenters. The highest BCUT2D eigenvalue weighted by Gasteiger charge is 2.36. The molecule has 4 amide bonds. The van der Waals surface area contributed by atoms with E-state index in [1.54, 1.807) is 18.2 Å². The number of Topliss-reactive ketones (excluding diaryl/α,β-unsaturated/α-hetero) is 1. The maximum absolute atomic E-state index is 13.5. The molecule has 1 saturated heterocycles. The molecule has 1 aromatic heterocycles. The summed E-state index contributed by atoms with van der Waals surface area (Å²) in [4.78, 5) is 64.9. The van der Waals surface area contributed by atoms with Crippen LogP contribution in [0, 0.1) is 11.8 Å². The molecule has 0 bridgehead atoms. The number of hydrogen-bond donors (Lipinski definition) is 4. The number of carbonyl (C=O) groups excluding carboxylic acids is 5. The first-order valence-electron chi connectivity index (χ1n) is 13.9. The number of fused-ring (bicyclic) bond motifs is 1. The van der Waals surface area contributed by atoms with Gasteiger partial charge in [-0.2, -0.15) is 0 Å². The summed E-state index contributed by atoms with van der Waals surface area (Å²) in [6, 6.07) is 6.58. The van der Waals surface area contributed by atoms with Gasteiger partial charge in [0.15, 0.2) is 5.76 Å². The van der Waals surface area contributed by atoms with Gasteiger partial charge in [0, 0.05) is 23.9 Å². The minimum absolute atomic E-state index is 0.0143. The fraction of sp³-hybridized carbons (Fsp3) is 0.552. The largest absolute Gasteiger partial charge is 0.451 e. The molecule has 210 valence electrons. The summed E-state index contributed by atoms with van der Waals surface area (Å²) in [5.41, 5.74) is 0.553. The van der Waals surface area contributed by atoms with Gasteiger partial charge in [0.05, 0.1) is 6.04 Å². The van der Waals surface area contributed by atoms with Crippen molar-refractivity contribution in [3.63, 3.8) is 0 Å². The van der Waals surface area contributed by atoms with E-state index in [2.05, 4.69) is 21.3 Å². The first kappa shape index (κ1) is 28.3.